The van der Waals surface area contributed by atoms with Gasteiger partial charge in [-0.15, -0.1) is 0 Å². The van der Waals surface area contributed by atoms with Crippen molar-refractivity contribution in [1.82, 2.24) is 4.98 Å². The predicted molar refractivity (Wildman–Crippen MR) is 133 cm³/mol. The van der Waals surface area contributed by atoms with Gasteiger partial charge < -0.3 is 18.9 Å². The highest BCUT2D eigenvalue weighted by molar-refractivity contribution is 7.19. The van der Waals surface area contributed by atoms with Crippen LogP contribution in [0, 0.1) is 0 Å². The quantitative estimate of drug-likeness (QED) is 0.290. The molecule has 0 aliphatic heterocycles. The summed E-state index contributed by atoms with van der Waals surface area (Å²) in [5, 5.41) is 0.654. The Morgan fingerprint density at radius 3 is 1.88 bits per heavy atom. The molecule has 0 radical (unpaired) electrons. The van der Waals surface area contributed by atoms with Gasteiger partial charge in [0.2, 0.25) is 5.13 Å². The molecule has 168 valence electrons. The normalized spacial score (nSPS) is 10.9. The fourth-order valence-corrected chi connectivity index (χ4v) is 4.25. The molecule has 0 atom stereocenters. The number of benzene rings is 3. The Morgan fingerprint density at radius 1 is 0.697 bits per heavy atom. The number of nitrogens with zero attached hydrogens (tertiary/aromatic N) is 2. The fraction of sp³-hybridized carbons (Fsp3) is 0.154. The summed E-state index contributed by atoms with van der Waals surface area (Å²) >= 11 is 1.53. The van der Waals surface area contributed by atoms with Crippen molar-refractivity contribution in [2.45, 2.75) is 0 Å². The maximum Gasteiger partial charge on any atom is 0.210 e. The first-order chi connectivity index (χ1) is 16.1. The van der Waals surface area contributed by atoms with Gasteiger partial charge in [0.25, 0.3) is 0 Å². The van der Waals surface area contributed by atoms with Crippen LogP contribution in [-0.4, -0.2) is 39.6 Å². The third-order valence-electron chi connectivity index (χ3n) is 5.06. The predicted octanol–water partition coefficient (Wildman–Crippen LogP) is 6.26. The maximum atomic E-state index is 5.39. The molecule has 1 aromatic heterocycles. The summed E-state index contributed by atoms with van der Waals surface area (Å²) < 4.78 is 21.3. The molecule has 0 saturated carbocycles. The summed E-state index contributed by atoms with van der Waals surface area (Å²) in [4.78, 5) is 10.5. The Kier molecular flexibility index (Phi) is 6.90. The van der Waals surface area contributed by atoms with E-state index in [2.05, 4.69) is 4.99 Å². The van der Waals surface area contributed by atoms with E-state index in [0.717, 1.165) is 38.8 Å². The summed E-state index contributed by atoms with van der Waals surface area (Å²) in [6, 6.07) is 21.5. The molecule has 0 spiro atoms. The molecule has 1 heterocycles. The number of aromatic nitrogens is 1. The number of aliphatic imine (C=N–C) groups is 1. The average molecular weight is 461 g/mol. The van der Waals surface area contributed by atoms with Crippen molar-refractivity contribution in [3.63, 3.8) is 0 Å². The van der Waals surface area contributed by atoms with Crippen LogP contribution in [0.15, 0.2) is 71.7 Å². The van der Waals surface area contributed by atoms with E-state index in [1.54, 1.807) is 34.7 Å². The van der Waals surface area contributed by atoms with Crippen molar-refractivity contribution < 1.29 is 18.9 Å². The van der Waals surface area contributed by atoms with Crippen LogP contribution in [-0.2, 0) is 0 Å². The zero-order valence-electron chi connectivity index (χ0n) is 18.9. The highest BCUT2D eigenvalue weighted by Crippen LogP contribution is 2.41. The van der Waals surface area contributed by atoms with Gasteiger partial charge in [0.1, 0.15) is 11.5 Å². The monoisotopic (exact) mass is 460 g/mol. The Hall–Kier alpha value is -3.84. The zero-order valence-corrected chi connectivity index (χ0v) is 19.7. The van der Waals surface area contributed by atoms with Crippen molar-refractivity contribution in [2.24, 2.45) is 4.99 Å². The molecule has 0 saturated heterocycles. The van der Waals surface area contributed by atoms with Gasteiger partial charge in [-0.1, -0.05) is 11.3 Å². The van der Waals surface area contributed by atoms with Gasteiger partial charge in [0.15, 0.2) is 11.5 Å². The molecule has 0 fully saturated rings. The SMILES string of the molecule is COc1ccc(-c2nc(N=Cc3ccc(OC)c(OC)c3)sc2-c2ccc(OC)cc2)cc1. The van der Waals surface area contributed by atoms with E-state index in [9.17, 15) is 0 Å². The largest absolute Gasteiger partial charge is 0.497 e. The highest BCUT2D eigenvalue weighted by Gasteiger charge is 2.15. The molecule has 0 amide bonds. The zero-order chi connectivity index (χ0) is 23.2. The number of methoxy groups -OCH3 is 4. The van der Waals surface area contributed by atoms with Gasteiger partial charge in [-0.2, -0.15) is 0 Å². The molecule has 3 aromatic carbocycles. The van der Waals surface area contributed by atoms with Crippen LogP contribution in [0.4, 0.5) is 5.13 Å². The summed E-state index contributed by atoms with van der Waals surface area (Å²) in [6.45, 7) is 0. The lowest BCUT2D eigenvalue weighted by molar-refractivity contribution is 0.355. The standard InChI is InChI=1S/C26H24N2O4S/c1-29-20-10-6-18(7-11-20)24-25(19-8-12-21(30-2)13-9-19)33-26(28-24)27-16-17-5-14-22(31-3)23(15-17)32-4/h5-16H,1-4H3. The second kappa shape index (κ2) is 10.2. The van der Waals surface area contributed by atoms with Crippen molar-refractivity contribution in [2.75, 3.05) is 28.4 Å². The minimum absolute atomic E-state index is 0.651. The topological polar surface area (TPSA) is 62.2 Å². The van der Waals surface area contributed by atoms with Crippen LogP contribution in [0.1, 0.15) is 5.56 Å². The van der Waals surface area contributed by atoms with Crippen molar-refractivity contribution in [3.8, 4) is 44.7 Å². The van der Waals surface area contributed by atoms with Crippen LogP contribution >= 0.6 is 11.3 Å². The van der Waals surface area contributed by atoms with Crippen LogP contribution < -0.4 is 18.9 Å². The number of hydrogen-bond donors (Lipinski definition) is 0. The van der Waals surface area contributed by atoms with Crippen LogP contribution in [0.2, 0.25) is 0 Å². The molecule has 4 rings (SSSR count). The first-order valence-corrected chi connectivity index (χ1v) is 11.0. The maximum absolute atomic E-state index is 5.39. The number of hydrogen-bond acceptors (Lipinski definition) is 7. The molecule has 0 aliphatic carbocycles. The fourth-order valence-electron chi connectivity index (χ4n) is 3.31. The molecule has 7 heteroatoms. The Bertz CT molecular complexity index is 1180. The van der Waals surface area contributed by atoms with Gasteiger partial charge in [-0.3, -0.25) is 0 Å². The number of ether oxygens (including phenoxy) is 4. The third kappa shape index (κ3) is 4.99. The second-order valence-corrected chi connectivity index (χ2v) is 7.98. The lowest BCUT2D eigenvalue weighted by Crippen LogP contribution is -1.91. The molecule has 0 aliphatic rings. The minimum Gasteiger partial charge on any atom is -0.497 e. The summed E-state index contributed by atoms with van der Waals surface area (Å²) in [5.74, 6) is 2.93. The second-order valence-electron chi connectivity index (χ2n) is 7.00. The summed E-state index contributed by atoms with van der Waals surface area (Å²) in [6.07, 6.45) is 1.77. The van der Waals surface area contributed by atoms with Gasteiger partial charge >= 0.3 is 0 Å². The van der Waals surface area contributed by atoms with E-state index in [1.807, 2.05) is 66.7 Å². The van der Waals surface area contributed by atoms with E-state index in [0.29, 0.717) is 16.6 Å². The van der Waals surface area contributed by atoms with E-state index in [-0.39, 0.29) is 0 Å². The molecule has 33 heavy (non-hydrogen) atoms. The van der Waals surface area contributed by atoms with Crippen molar-refractivity contribution >= 4 is 22.7 Å². The van der Waals surface area contributed by atoms with Gasteiger partial charge in [-0.25, -0.2) is 9.98 Å². The van der Waals surface area contributed by atoms with Gasteiger partial charge in [0.05, 0.1) is 39.0 Å². The van der Waals surface area contributed by atoms with E-state index >= 15 is 0 Å². The van der Waals surface area contributed by atoms with Crippen LogP contribution in [0.5, 0.6) is 23.0 Å². The molecular weight excluding hydrogens is 436 g/mol. The summed E-state index contributed by atoms with van der Waals surface area (Å²) in [7, 11) is 6.54. The smallest absolute Gasteiger partial charge is 0.210 e. The Labute approximate surface area is 197 Å². The molecule has 0 bridgehead atoms. The minimum atomic E-state index is 0.651. The Balaban J connectivity index is 1.73. The molecule has 0 unspecified atom stereocenters. The van der Waals surface area contributed by atoms with E-state index < -0.39 is 0 Å². The molecular formula is C26H24N2O4S. The van der Waals surface area contributed by atoms with Gasteiger partial charge in [0, 0.05) is 11.8 Å². The third-order valence-corrected chi connectivity index (χ3v) is 6.08. The van der Waals surface area contributed by atoms with Crippen LogP contribution in [0.25, 0.3) is 21.7 Å². The van der Waals surface area contributed by atoms with E-state index in [4.69, 9.17) is 23.9 Å². The van der Waals surface area contributed by atoms with Crippen molar-refractivity contribution in [1.29, 1.82) is 0 Å². The molecule has 4 aromatic rings. The van der Waals surface area contributed by atoms with Crippen molar-refractivity contribution in [3.05, 3.63) is 72.3 Å². The van der Waals surface area contributed by atoms with E-state index in [1.165, 1.54) is 11.3 Å². The average Bonchev–Trinajstić information content (AvgIpc) is 3.31. The first kappa shape index (κ1) is 22.4. The number of thiazole rings is 1. The first-order valence-electron chi connectivity index (χ1n) is 10.2. The number of rotatable bonds is 8. The lowest BCUT2D eigenvalue weighted by Gasteiger charge is -2.07. The van der Waals surface area contributed by atoms with Gasteiger partial charge in [-0.05, 0) is 77.9 Å². The molecule has 6 nitrogen and oxygen atoms in total. The Morgan fingerprint density at radius 2 is 1.30 bits per heavy atom. The van der Waals surface area contributed by atoms with Crippen LogP contribution in [0.3, 0.4) is 0 Å². The molecule has 0 N–H and O–H groups in total. The highest BCUT2D eigenvalue weighted by atomic mass is 32.1. The summed E-state index contributed by atoms with van der Waals surface area (Å²) in [5.41, 5.74) is 3.80. The lowest BCUT2D eigenvalue weighted by atomic mass is 10.1.